The van der Waals surface area contributed by atoms with E-state index in [-0.39, 0.29) is 11.3 Å². The Morgan fingerprint density at radius 1 is 1.30 bits per heavy atom. The largest absolute Gasteiger partial charge is 0.381 e. The van der Waals surface area contributed by atoms with Crippen LogP contribution in [0.5, 0.6) is 0 Å². The van der Waals surface area contributed by atoms with Gasteiger partial charge in [0, 0.05) is 32.3 Å². The van der Waals surface area contributed by atoms with Crippen LogP contribution in [-0.2, 0) is 14.8 Å². The van der Waals surface area contributed by atoms with E-state index in [1.54, 1.807) is 0 Å². The fourth-order valence-electron chi connectivity index (χ4n) is 3.24. The predicted octanol–water partition coefficient (Wildman–Crippen LogP) is 1.21. The van der Waals surface area contributed by atoms with Crippen molar-refractivity contribution in [3.8, 4) is 0 Å². The van der Waals surface area contributed by atoms with Gasteiger partial charge in [-0.15, -0.1) is 0 Å². The SMILES string of the molecule is C[C@@H]1CCCN(C[C@H](C)NS(=O)(=O)C2CCOCC2)C1. The lowest BCUT2D eigenvalue weighted by molar-refractivity contribution is 0.0980. The quantitative estimate of drug-likeness (QED) is 0.829. The number of hydrogen-bond donors (Lipinski definition) is 1. The lowest BCUT2D eigenvalue weighted by Gasteiger charge is -2.33. The Labute approximate surface area is 123 Å². The Morgan fingerprint density at radius 3 is 2.65 bits per heavy atom. The molecular formula is C14H28N2O3S. The highest BCUT2D eigenvalue weighted by molar-refractivity contribution is 7.90. The van der Waals surface area contributed by atoms with Gasteiger partial charge in [-0.25, -0.2) is 13.1 Å². The van der Waals surface area contributed by atoms with E-state index >= 15 is 0 Å². The third kappa shape index (κ3) is 4.69. The summed E-state index contributed by atoms with van der Waals surface area (Å²) in [5, 5.41) is -0.279. The smallest absolute Gasteiger partial charge is 0.214 e. The van der Waals surface area contributed by atoms with Gasteiger partial charge in [-0.1, -0.05) is 6.92 Å². The average molecular weight is 304 g/mol. The molecule has 2 rings (SSSR count). The fourth-order valence-corrected chi connectivity index (χ4v) is 4.88. The molecule has 0 saturated carbocycles. The first-order valence-corrected chi connectivity index (χ1v) is 9.33. The first-order chi connectivity index (χ1) is 9.47. The second kappa shape index (κ2) is 7.20. The van der Waals surface area contributed by atoms with Crippen LogP contribution in [0, 0.1) is 5.92 Å². The maximum absolute atomic E-state index is 12.3. The molecule has 2 aliphatic rings. The van der Waals surface area contributed by atoms with E-state index in [0.717, 1.165) is 25.6 Å². The van der Waals surface area contributed by atoms with E-state index in [2.05, 4.69) is 16.5 Å². The zero-order valence-electron chi connectivity index (χ0n) is 12.7. The molecular weight excluding hydrogens is 276 g/mol. The summed E-state index contributed by atoms with van der Waals surface area (Å²) in [5.41, 5.74) is 0. The van der Waals surface area contributed by atoms with Crippen molar-refractivity contribution in [1.82, 2.24) is 9.62 Å². The van der Waals surface area contributed by atoms with Crippen LogP contribution in [0.2, 0.25) is 0 Å². The van der Waals surface area contributed by atoms with E-state index in [0.29, 0.717) is 26.1 Å². The molecule has 0 aromatic carbocycles. The molecule has 118 valence electrons. The van der Waals surface area contributed by atoms with Gasteiger partial charge in [0.1, 0.15) is 0 Å². The zero-order chi connectivity index (χ0) is 14.6. The van der Waals surface area contributed by atoms with Gasteiger partial charge in [0.05, 0.1) is 5.25 Å². The van der Waals surface area contributed by atoms with Crippen LogP contribution >= 0.6 is 0 Å². The maximum atomic E-state index is 12.3. The van der Waals surface area contributed by atoms with Crippen molar-refractivity contribution in [3.05, 3.63) is 0 Å². The third-order valence-electron chi connectivity index (χ3n) is 4.25. The van der Waals surface area contributed by atoms with E-state index < -0.39 is 10.0 Å². The monoisotopic (exact) mass is 304 g/mol. The molecule has 2 aliphatic heterocycles. The molecule has 0 unspecified atom stereocenters. The molecule has 20 heavy (non-hydrogen) atoms. The second-order valence-electron chi connectivity index (χ2n) is 6.38. The van der Waals surface area contributed by atoms with Crippen LogP contribution in [0.1, 0.15) is 39.5 Å². The van der Waals surface area contributed by atoms with Crippen molar-refractivity contribution < 1.29 is 13.2 Å². The molecule has 0 spiro atoms. The molecule has 2 heterocycles. The summed E-state index contributed by atoms with van der Waals surface area (Å²) in [6.07, 6.45) is 3.74. The average Bonchev–Trinajstić information content (AvgIpc) is 2.39. The second-order valence-corrected chi connectivity index (χ2v) is 8.38. The van der Waals surface area contributed by atoms with Gasteiger partial charge in [0.25, 0.3) is 0 Å². The van der Waals surface area contributed by atoms with Crippen LogP contribution in [0.4, 0.5) is 0 Å². The maximum Gasteiger partial charge on any atom is 0.214 e. The Hall–Kier alpha value is -0.170. The lowest BCUT2D eigenvalue weighted by atomic mass is 10.00. The van der Waals surface area contributed by atoms with Crippen LogP contribution in [-0.4, -0.2) is 57.5 Å². The minimum Gasteiger partial charge on any atom is -0.381 e. The number of likely N-dealkylation sites (tertiary alicyclic amines) is 1. The molecule has 0 radical (unpaired) electrons. The van der Waals surface area contributed by atoms with Crippen LogP contribution in [0.15, 0.2) is 0 Å². The van der Waals surface area contributed by atoms with E-state index in [1.807, 2.05) is 6.92 Å². The summed E-state index contributed by atoms with van der Waals surface area (Å²) < 4.78 is 32.7. The Balaban J connectivity index is 1.81. The number of nitrogens with one attached hydrogen (secondary N) is 1. The van der Waals surface area contributed by atoms with Crippen molar-refractivity contribution in [2.24, 2.45) is 5.92 Å². The zero-order valence-corrected chi connectivity index (χ0v) is 13.5. The number of rotatable bonds is 5. The van der Waals surface area contributed by atoms with Gasteiger partial charge in [-0.05, 0) is 45.1 Å². The Kier molecular flexibility index (Phi) is 5.84. The van der Waals surface area contributed by atoms with Crippen LogP contribution in [0.25, 0.3) is 0 Å². The molecule has 0 aromatic rings. The van der Waals surface area contributed by atoms with E-state index in [1.165, 1.54) is 12.8 Å². The highest BCUT2D eigenvalue weighted by Gasteiger charge is 2.29. The molecule has 0 aromatic heterocycles. The highest BCUT2D eigenvalue weighted by atomic mass is 32.2. The van der Waals surface area contributed by atoms with Gasteiger partial charge in [-0.3, -0.25) is 0 Å². The van der Waals surface area contributed by atoms with Crippen LogP contribution in [0.3, 0.4) is 0 Å². The van der Waals surface area contributed by atoms with Gasteiger partial charge in [0.15, 0.2) is 0 Å². The number of sulfonamides is 1. The van der Waals surface area contributed by atoms with E-state index in [4.69, 9.17) is 4.74 Å². The Morgan fingerprint density at radius 2 is 2.00 bits per heavy atom. The van der Waals surface area contributed by atoms with Crippen molar-refractivity contribution >= 4 is 10.0 Å². The van der Waals surface area contributed by atoms with Crippen molar-refractivity contribution in [2.75, 3.05) is 32.8 Å². The van der Waals surface area contributed by atoms with Crippen molar-refractivity contribution in [2.45, 2.75) is 50.8 Å². The molecule has 2 fully saturated rings. The number of piperidine rings is 1. The van der Waals surface area contributed by atoms with Gasteiger partial charge in [-0.2, -0.15) is 0 Å². The fraction of sp³-hybridized carbons (Fsp3) is 1.00. The molecule has 0 aliphatic carbocycles. The summed E-state index contributed by atoms with van der Waals surface area (Å²) in [7, 11) is -3.20. The summed E-state index contributed by atoms with van der Waals surface area (Å²) >= 11 is 0. The van der Waals surface area contributed by atoms with Crippen molar-refractivity contribution in [3.63, 3.8) is 0 Å². The molecule has 0 amide bonds. The predicted molar refractivity (Wildman–Crippen MR) is 80.2 cm³/mol. The van der Waals surface area contributed by atoms with Gasteiger partial charge >= 0.3 is 0 Å². The van der Waals surface area contributed by atoms with Crippen molar-refractivity contribution in [1.29, 1.82) is 0 Å². The summed E-state index contributed by atoms with van der Waals surface area (Å²) in [6, 6.07) is -0.0202. The highest BCUT2D eigenvalue weighted by Crippen LogP contribution is 2.17. The normalized spacial score (nSPS) is 28.4. The first-order valence-electron chi connectivity index (χ1n) is 7.78. The standard InChI is InChI=1S/C14H28N2O3S/c1-12-4-3-7-16(10-12)11-13(2)15-20(17,18)14-5-8-19-9-6-14/h12-15H,3-11H2,1-2H3/t12-,13+/m1/s1. The van der Waals surface area contributed by atoms with Gasteiger partial charge < -0.3 is 9.64 Å². The Bertz CT molecular complexity index is 393. The van der Waals surface area contributed by atoms with Gasteiger partial charge in [0.2, 0.25) is 10.0 Å². The van der Waals surface area contributed by atoms with E-state index in [9.17, 15) is 8.42 Å². The molecule has 2 atom stereocenters. The first kappa shape index (κ1) is 16.2. The summed E-state index contributed by atoms with van der Waals surface area (Å²) in [5.74, 6) is 0.725. The molecule has 1 N–H and O–H groups in total. The van der Waals surface area contributed by atoms with Crippen LogP contribution < -0.4 is 4.72 Å². The molecule has 5 nitrogen and oxygen atoms in total. The number of hydrogen-bond acceptors (Lipinski definition) is 4. The minimum absolute atomic E-state index is 0.0202. The number of ether oxygens (including phenoxy) is 1. The lowest BCUT2D eigenvalue weighted by Crippen LogP contribution is -2.48. The molecule has 2 saturated heterocycles. The minimum atomic E-state index is -3.20. The third-order valence-corrected chi connectivity index (χ3v) is 6.33. The summed E-state index contributed by atoms with van der Waals surface area (Å²) in [6.45, 7) is 8.34. The molecule has 0 bridgehead atoms. The molecule has 6 heteroatoms. The topological polar surface area (TPSA) is 58.6 Å². The summed E-state index contributed by atoms with van der Waals surface area (Å²) in [4.78, 5) is 2.38. The number of nitrogens with zero attached hydrogens (tertiary/aromatic N) is 1.